The van der Waals surface area contributed by atoms with E-state index in [4.69, 9.17) is 18.9 Å². The van der Waals surface area contributed by atoms with Crippen LogP contribution in [-0.4, -0.2) is 112 Å². The molecule has 9 atom stereocenters. The molecule has 0 aromatic carbocycles. The molecule has 25 heavy (non-hydrogen) atoms. The zero-order chi connectivity index (χ0) is 18.9. The number of hydrogen-bond acceptors (Lipinski definition) is 10. The smallest absolute Gasteiger partial charge is 0.187 e. The fourth-order valence-electron chi connectivity index (χ4n) is 3.26. The number of methoxy groups -OCH3 is 1. The number of rotatable bonds is 5. The minimum atomic E-state index is -1.54. The minimum Gasteiger partial charge on any atom is -0.394 e. The van der Waals surface area contributed by atoms with Gasteiger partial charge in [0.05, 0.1) is 18.8 Å². The quantitative estimate of drug-likeness (QED) is 0.290. The maximum Gasteiger partial charge on any atom is 0.187 e. The predicted octanol–water partition coefficient (Wildman–Crippen LogP) is -3.28. The van der Waals surface area contributed by atoms with Crippen molar-refractivity contribution in [1.82, 2.24) is 0 Å². The molecule has 10 heteroatoms. The van der Waals surface area contributed by atoms with Crippen LogP contribution in [0.1, 0.15) is 13.8 Å². The summed E-state index contributed by atoms with van der Waals surface area (Å²) in [7, 11) is 1.30. The molecule has 0 radical (unpaired) electrons. The third-order valence-electron chi connectivity index (χ3n) is 4.76. The van der Waals surface area contributed by atoms with Gasteiger partial charge >= 0.3 is 0 Å². The summed E-state index contributed by atoms with van der Waals surface area (Å²) in [4.78, 5) is 0. The van der Waals surface area contributed by atoms with E-state index in [1.165, 1.54) is 7.11 Å². The van der Waals surface area contributed by atoms with E-state index in [0.29, 0.717) is 0 Å². The van der Waals surface area contributed by atoms with E-state index in [1.807, 2.05) is 0 Å². The van der Waals surface area contributed by atoms with Crippen LogP contribution in [0.4, 0.5) is 0 Å². The first-order valence-corrected chi connectivity index (χ1v) is 8.13. The average Bonchev–Trinajstić information content (AvgIpc) is 2.58. The largest absolute Gasteiger partial charge is 0.394 e. The number of aliphatic hydroxyl groups is 6. The highest BCUT2D eigenvalue weighted by molar-refractivity contribution is 4.99. The summed E-state index contributed by atoms with van der Waals surface area (Å²) in [5.41, 5.74) is -1.12. The fourth-order valence-corrected chi connectivity index (χ4v) is 3.26. The first kappa shape index (κ1) is 20.9. The number of aliphatic hydroxyl groups excluding tert-OH is 6. The molecule has 0 aromatic rings. The summed E-state index contributed by atoms with van der Waals surface area (Å²) in [5, 5.41) is 59.7. The molecule has 0 bridgehead atoms. The maximum atomic E-state index is 10.3. The lowest BCUT2D eigenvalue weighted by Gasteiger charge is -2.49. The van der Waals surface area contributed by atoms with Crippen LogP contribution in [-0.2, 0) is 18.9 Å². The van der Waals surface area contributed by atoms with Gasteiger partial charge in [-0.3, -0.25) is 0 Å². The van der Waals surface area contributed by atoms with Crippen molar-refractivity contribution in [2.24, 2.45) is 0 Å². The summed E-state index contributed by atoms with van der Waals surface area (Å²) in [6.45, 7) is 2.11. The third-order valence-corrected chi connectivity index (χ3v) is 4.76. The molecule has 0 spiro atoms. The fraction of sp³-hybridized carbons (Fsp3) is 1.00. The monoisotopic (exact) mass is 368 g/mol. The van der Waals surface area contributed by atoms with Gasteiger partial charge in [0.25, 0.3) is 0 Å². The van der Waals surface area contributed by atoms with Crippen molar-refractivity contribution in [3.05, 3.63) is 0 Å². The number of ether oxygens (including phenoxy) is 4. The molecule has 2 aliphatic heterocycles. The van der Waals surface area contributed by atoms with Gasteiger partial charge in [-0.2, -0.15) is 0 Å². The first-order chi connectivity index (χ1) is 11.7. The van der Waals surface area contributed by atoms with Gasteiger partial charge in [-0.25, -0.2) is 0 Å². The second-order valence-electron chi connectivity index (χ2n) is 6.89. The Kier molecular flexibility index (Phi) is 6.77. The van der Waals surface area contributed by atoms with E-state index in [2.05, 4.69) is 0 Å². The standard InChI is InChI=1S/C15H28O10/c1-15(2)13(21)10(20)12(7(5-17)25-15)24-14-9(19)8(18)11(22-3)6(4-16)23-14/h6-14,16-21H,4-5H2,1-3H3/t6?,7?,8?,9?,10?,11-,12-,13?,14+/m1/s1. The van der Waals surface area contributed by atoms with Crippen molar-refractivity contribution in [2.45, 2.75) is 74.6 Å². The van der Waals surface area contributed by atoms with Gasteiger partial charge in [0.15, 0.2) is 6.29 Å². The molecule has 0 amide bonds. The Balaban J connectivity index is 2.16. The molecule has 148 valence electrons. The lowest BCUT2D eigenvalue weighted by atomic mass is 9.87. The average molecular weight is 368 g/mol. The van der Waals surface area contributed by atoms with Gasteiger partial charge in [0, 0.05) is 7.11 Å². The highest BCUT2D eigenvalue weighted by atomic mass is 16.7. The molecular formula is C15H28O10. The Bertz CT molecular complexity index is 429. The van der Waals surface area contributed by atoms with Gasteiger partial charge in [0.2, 0.25) is 0 Å². The van der Waals surface area contributed by atoms with Crippen LogP contribution in [0.3, 0.4) is 0 Å². The molecule has 10 nitrogen and oxygen atoms in total. The second-order valence-corrected chi connectivity index (χ2v) is 6.89. The number of hydrogen-bond donors (Lipinski definition) is 6. The highest BCUT2D eigenvalue weighted by Crippen LogP contribution is 2.33. The van der Waals surface area contributed by atoms with Crippen molar-refractivity contribution in [1.29, 1.82) is 0 Å². The first-order valence-electron chi connectivity index (χ1n) is 8.13. The third kappa shape index (κ3) is 3.98. The molecule has 2 fully saturated rings. The Hall–Kier alpha value is -0.400. The zero-order valence-corrected chi connectivity index (χ0v) is 14.4. The summed E-state index contributed by atoms with van der Waals surface area (Å²) in [6.07, 6.45) is -11.3. The van der Waals surface area contributed by atoms with Crippen LogP contribution in [0.15, 0.2) is 0 Å². The van der Waals surface area contributed by atoms with E-state index in [0.717, 1.165) is 0 Å². The molecular weight excluding hydrogens is 340 g/mol. The van der Waals surface area contributed by atoms with Crippen LogP contribution >= 0.6 is 0 Å². The molecule has 0 saturated carbocycles. The van der Waals surface area contributed by atoms with Crippen LogP contribution in [0.2, 0.25) is 0 Å². The normalized spacial score (nSPS) is 47.6. The molecule has 0 aromatic heterocycles. The van der Waals surface area contributed by atoms with Gasteiger partial charge in [-0.15, -0.1) is 0 Å². The summed E-state index contributed by atoms with van der Waals surface area (Å²) < 4.78 is 21.5. The van der Waals surface area contributed by atoms with Crippen LogP contribution in [0, 0.1) is 0 Å². The minimum absolute atomic E-state index is 0.495. The van der Waals surface area contributed by atoms with E-state index < -0.39 is 73.9 Å². The topological polar surface area (TPSA) is 158 Å². The van der Waals surface area contributed by atoms with Crippen molar-refractivity contribution < 1.29 is 49.6 Å². The lowest BCUT2D eigenvalue weighted by Crippen LogP contribution is -2.66. The zero-order valence-electron chi connectivity index (χ0n) is 14.4. The molecule has 2 saturated heterocycles. The van der Waals surface area contributed by atoms with Gasteiger partial charge in [-0.05, 0) is 13.8 Å². The molecule has 6 unspecified atom stereocenters. The van der Waals surface area contributed by atoms with Crippen molar-refractivity contribution >= 4 is 0 Å². The van der Waals surface area contributed by atoms with Gasteiger partial charge in [0.1, 0.15) is 48.8 Å². The molecule has 6 N–H and O–H groups in total. The van der Waals surface area contributed by atoms with E-state index in [9.17, 15) is 30.6 Å². The van der Waals surface area contributed by atoms with Crippen molar-refractivity contribution in [3.8, 4) is 0 Å². The van der Waals surface area contributed by atoms with Crippen LogP contribution in [0.5, 0.6) is 0 Å². The van der Waals surface area contributed by atoms with Gasteiger partial charge < -0.3 is 49.6 Å². The maximum absolute atomic E-state index is 10.3. The van der Waals surface area contributed by atoms with Crippen molar-refractivity contribution in [2.75, 3.05) is 20.3 Å². The van der Waals surface area contributed by atoms with Crippen LogP contribution in [0.25, 0.3) is 0 Å². The molecule has 2 aliphatic rings. The lowest BCUT2D eigenvalue weighted by molar-refractivity contribution is -0.350. The van der Waals surface area contributed by atoms with Crippen LogP contribution < -0.4 is 0 Å². The Morgan fingerprint density at radius 3 is 2.00 bits per heavy atom. The Morgan fingerprint density at radius 2 is 1.48 bits per heavy atom. The summed E-state index contributed by atoms with van der Waals surface area (Å²) >= 11 is 0. The van der Waals surface area contributed by atoms with Gasteiger partial charge in [-0.1, -0.05) is 0 Å². The molecule has 2 heterocycles. The summed E-state index contributed by atoms with van der Waals surface area (Å²) in [5.74, 6) is 0. The predicted molar refractivity (Wildman–Crippen MR) is 81.5 cm³/mol. The summed E-state index contributed by atoms with van der Waals surface area (Å²) in [6, 6.07) is 0. The highest BCUT2D eigenvalue weighted by Gasteiger charge is 2.52. The second kappa shape index (κ2) is 8.09. The van der Waals surface area contributed by atoms with Crippen molar-refractivity contribution in [3.63, 3.8) is 0 Å². The van der Waals surface area contributed by atoms with E-state index in [-0.39, 0.29) is 0 Å². The molecule has 0 aliphatic carbocycles. The van der Waals surface area contributed by atoms with E-state index >= 15 is 0 Å². The Labute approximate surface area is 145 Å². The van der Waals surface area contributed by atoms with E-state index in [1.54, 1.807) is 13.8 Å². The SMILES string of the molecule is CO[C@@H]1C(CO)O[C@@H](O[C@@H]2C(CO)OC(C)(C)C(O)C2O)C(O)C1O. The Morgan fingerprint density at radius 1 is 0.880 bits per heavy atom. The molecule has 2 rings (SSSR count).